The Hall–Kier alpha value is -0.0900. The van der Waals surface area contributed by atoms with E-state index >= 15 is 0 Å². The molecule has 4 nitrogen and oxygen atoms in total. The predicted octanol–water partition coefficient (Wildman–Crippen LogP) is 2.56. The smallest absolute Gasteiger partial charge is 0.443 e. The fraction of sp³-hybridized carbons (Fsp3) is 0.909. The van der Waals surface area contributed by atoms with Crippen LogP contribution in [0.3, 0.4) is 0 Å². The summed E-state index contributed by atoms with van der Waals surface area (Å²) in [6, 6.07) is 0. The number of alkyl halides is 4. The number of ether oxygens (including phenoxy) is 2. The second kappa shape index (κ2) is 5.72. The molecule has 0 aliphatic carbocycles. The van der Waals surface area contributed by atoms with Gasteiger partial charge in [0.1, 0.15) is 9.53 Å². The first-order valence-corrected chi connectivity index (χ1v) is 6.93. The van der Waals surface area contributed by atoms with Gasteiger partial charge in [-0.25, -0.2) is 0 Å². The number of halogens is 4. The van der Waals surface area contributed by atoms with Crippen LogP contribution in [0.2, 0.25) is 0 Å². The fourth-order valence-electron chi connectivity index (χ4n) is 1.55. The van der Waals surface area contributed by atoms with Crippen molar-refractivity contribution >= 4 is 28.6 Å². The van der Waals surface area contributed by atoms with Gasteiger partial charge in [-0.15, -0.1) is 0 Å². The summed E-state index contributed by atoms with van der Waals surface area (Å²) in [4.78, 5) is 11.8. The predicted molar refractivity (Wildman–Crippen MR) is 68.8 cm³/mol. The van der Waals surface area contributed by atoms with Gasteiger partial charge < -0.3 is 14.6 Å². The van der Waals surface area contributed by atoms with E-state index in [-0.39, 0.29) is 13.0 Å². The molecule has 112 valence electrons. The van der Waals surface area contributed by atoms with Crippen molar-refractivity contribution in [2.45, 2.75) is 54.6 Å². The first-order chi connectivity index (χ1) is 8.52. The lowest BCUT2D eigenvalue weighted by atomic mass is 10.0. The Morgan fingerprint density at radius 1 is 1.58 bits per heavy atom. The van der Waals surface area contributed by atoms with E-state index in [2.05, 4.69) is 4.74 Å². The molecule has 0 aromatic heterocycles. The maximum Gasteiger partial charge on any atom is 0.443 e. The number of aliphatic hydroxyl groups is 1. The van der Waals surface area contributed by atoms with Gasteiger partial charge in [-0.05, 0) is 13.3 Å². The Labute approximate surface area is 122 Å². The Bertz CT molecular complexity index is 345. The maximum atomic E-state index is 12.6. The molecular weight excluding hydrogens is 380 g/mol. The topological polar surface area (TPSA) is 55.8 Å². The standard InChI is InChI=1S/C11H16F3IO4/c1-3-9(2,15)8(16)19-7-4-5-18-10(17,6-7)11(12,13)14/h7,17H,3-6H2,1-2H3. The molecule has 0 amide bonds. The molecule has 8 heteroatoms. The van der Waals surface area contributed by atoms with Crippen LogP contribution in [-0.2, 0) is 14.3 Å². The van der Waals surface area contributed by atoms with E-state index in [0.29, 0.717) is 6.42 Å². The molecule has 0 aromatic rings. The second-order valence-corrected chi connectivity index (χ2v) is 7.08. The summed E-state index contributed by atoms with van der Waals surface area (Å²) in [7, 11) is 0. The largest absolute Gasteiger partial charge is 0.461 e. The van der Waals surface area contributed by atoms with Gasteiger partial charge in [-0.3, -0.25) is 4.79 Å². The van der Waals surface area contributed by atoms with E-state index in [9.17, 15) is 23.1 Å². The molecule has 1 aliphatic heterocycles. The van der Waals surface area contributed by atoms with Crippen molar-refractivity contribution in [3.8, 4) is 0 Å². The van der Waals surface area contributed by atoms with Crippen LogP contribution in [-0.4, -0.2) is 39.2 Å². The third-order valence-electron chi connectivity index (χ3n) is 3.09. The summed E-state index contributed by atoms with van der Waals surface area (Å²) in [6.07, 6.45) is -6.05. The fourth-order valence-corrected chi connectivity index (χ4v) is 1.67. The zero-order valence-electron chi connectivity index (χ0n) is 10.6. The molecule has 3 unspecified atom stereocenters. The van der Waals surface area contributed by atoms with E-state index in [1.807, 2.05) is 22.6 Å². The normalized spacial score (nSPS) is 31.6. The van der Waals surface area contributed by atoms with Gasteiger partial charge >= 0.3 is 12.1 Å². The molecule has 0 bridgehead atoms. The van der Waals surface area contributed by atoms with Crippen molar-refractivity contribution in [3.63, 3.8) is 0 Å². The molecule has 1 N–H and O–H groups in total. The van der Waals surface area contributed by atoms with Gasteiger partial charge in [0, 0.05) is 12.8 Å². The average Bonchev–Trinajstić information content (AvgIpc) is 2.27. The van der Waals surface area contributed by atoms with Crippen molar-refractivity contribution < 1.29 is 32.5 Å². The van der Waals surface area contributed by atoms with Crippen LogP contribution in [0.1, 0.15) is 33.1 Å². The lowest BCUT2D eigenvalue weighted by Crippen LogP contribution is -2.54. The van der Waals surface area contributed by atoms with Crippen LogP contribution in [0, 0.1) is 0 Å². The Kier molecular flexibility index (Phi) is 5.11. The summed E-state index contributed by atoms with van der Waals surface area (Å²) < 4.78 is 46.5. The van der Waals surface area contributed by atoms with Crippen molar-refractivity contribution in [1.29, 1.82) is 0 Å². The zero-order chi connectivity index (χ0) is 14.9. The zero-order valence-corrected chi connectivity index (χ0v) is 12.7. The SMILES string of the molecule is CCC(C)(I)C(=O)OC1CCOC(O)(C(F)(F)F)C1. The van der Waals surface area contributed by atoms with Gasteiger partial charge in [-0.2, -0.15) is 13.2 Å². The summed E-state index contributed by atoms with van der Waals surface area (Å²) in [5, 5.41) is 9.41. The monoisotopic (exact) mass is 396 g/mol. The van der Waals surface area contributed by atoms with Gasteiger partial charge in [-0.1, -0.05) is 29.5 Å². The van der Waals surface area contributed by atoms with Crippen molar-refractivity contribution in [3.05, 3.63) is 0 Å². The molecule has 1 heterocycles. The Balaban J connectivity index is 2.69. The molecule has 0 radical (unpaired) electrons. The first-order valence-electron chi connectivity index (χ1n) is 5.85. The second-order valence-electron chi connectivity index (χ2n) is 4.70. The Morgan fingerprint density at radius 2 is 2.16 bits per heavy atom. The molecule has 1 rings (SSSR count). The van der Waals surface area contributed by atoms with Crippen molar-refractivity contribution in [1.82, 2.24) is 0 Å². The average molecular weight is 396 g/mol. The lowest BCUT2D eigenvalue weighted by molar-refractivity contribution is -0.383. The summed E-state index contributed by atoms with van der Waals surface area (Å²) in [5.74, 6) is -3.81. The van der Waals surface area contributed by atoms with Crippen LogP contribution in [0.25, 0.3) is 0 Å². The first kappa shape index (κ1) is 17.0. The number of carbonyl (C=O) groups excluding carboxylic acids is 1. The van der Waals surface area contributed by atoms with Gasteiger partial charge in [0.25, 0.3) is 5.79 Å². The van der Waals surface area contributed by atoms with Gasteiger partial charge in [0.2, 0.25) is 0 Å². The Morgan fingerprint density at radius 3 is 2.63 bits per heavy atom. The molecule has 0 aromatic carbocycles. The molecule has 1 saturated heterocycles. The van der Waals surface area contributed by atoms with Crippen molar-refractivity contribution in [2.75, 3.05) is 6.61 Å². The van der Waals surface area contributed by atoms with E-state index in [0.717, 1.165) is 0 Å². The van der Waals surface area contributed by atoms with E-state index in [1.165, 1.54) is 0 Å². The number of hydrogen-bond donors (Lipinski definition) is 1. The van der Waals surface area contributed by atoms with E-state index in [4.69, 9.17) is 4.74 Å². The van der Waals surface area contributed by atoms with Gasteiger partial charge in [0.05, 0.1) is 6.61 Å². The minimum Gasteiger partial charge on any atom is -0.461 e. The molecule has 0 spiro atoms. The molecule has 19 heavy (non-hydrogen) atoms. The minimum absolute atomic E-state index is 0.139. The van der Waals surface area contributed by atoms with Gasteiger partial charge in [0.15, 0.2) is 0 Å². The molecule has 3 atom stereocenters. The lowest BCUT2D eigenvalue weighted by Gasteiger charge is -2.37. The van der Waals surface area contributed by atoms with Crippen molar-refractivity contribution in [2.24, 2.45) is 0 Å². The molecule has 1 fully saturated rings. The summed E-state index contributed by atoms with van der Waals surface area (Å²) >= 11 is 1.90. The van der Waals surface area contributed by atoms with Crippen LogP contribution in [0.15, 0.2) is 0 Å². The summed E-state index contributed by atoms with van der Waals surface area (Å²) in [6.45, 7) is 3.12. The van der Waals surface area contributed by atoms with E-state index in [1.54, 1.807) is 13.8 Å². The van der Waals surface area contributed by atoms with Crippen LogP contribution >= 0.6 is 22.6 Å². The quantitative estimate of drug-likeness (QED) is 0.453. The third kappa shape index (κ3) is 3.94. The highest BCUT2D eigenvalue weighted by Gasteiger charge is 2.58. The summed E-state index contributed by atoms with van der Waals surface area (Å²) in [5.41, 5.74) is 0. The highest BCUT2D eigenvalue weighted by Crippen LogP contribution is 2.39. The number of rotatable bonds is 3. The minimum atomic E-state index is -4.91. The van der Waals surface area contributed by atoms with E-state index < -0.39 is 33.9 Å². The molecule has 0 saturated carbocycles. The van der Waals surface area contributed by atoms with Crippen LogP contribution in [0.4, 0.5) is 13.2 Å². The third-order valence-corrected chi connectivity index (χ3v) is 4.29. The number of carbonyl (C=O) groups is 1. The molecular formula is C11H16F3IO4. The maximum absolute atomic E-state index is 12.6. The highest BCUT2D eigenvalue weighted by atomic mass is 127. The number of hydrogen-bond acceptors (Lipinski definition) is 4. The highest BCUT2D eigenvalue weighted by molar-refractivity contribution is 14.1. The molecule has 1 aliphatic rings. The van der Waals surface area contributed by atoms with Crippen LogP contribution in [0.5, 0.6) is 0 Å². The van der Waals surface area contributed by atoms with Crippen LogP contribution < -0.4 is 0 Å². The number of esters is 1.